The van der Waals surface area contributed by atoms with Crippen LogP contribution in [0.5, 0.6) is 0 Å². The Kier molecular flexibility index (Phi) is 20.4. The van der Waals surface area contributed by atoms with Gasteiger partial charge in [0.2, 0.25) is 0 Å². The molecule has 82 valence electrons. The van der Waals surface area contributed by atoms with Crippen LogP contribution in [0.25, 0.3) is 0 Å². The summed E-state index contributed by atoms with van der Waals surface area (Å²) in [6, 6.07) is 7.77. The Morgan fingerprint density at radius 2 is 1.80 bits per heavy atom. The molecule has 0 spiro atoms. The molecule has 1 rings (SSSR count). The van der Waals surface area contributed by atoms with E-state index >= 15 is 0 Å². The third-order valence-electron chi connectivity index (χ3n) is 1.68. The second kappa shape index (κ2) is 14.6. The van der Waals surface area contributed by atoms with Crippen LogP contribution >= 0.6 is 11.6 Å². The monoisotopic (exact) mass is 340 g/mol. The summed E-state index contributed by atoms with van der Waals surface area (Å²) in [7, 11) is 0. The molecule has 0 aromatic heterocycles. The van der Waals surface area contributed by atoms with Gasteiger partial charge >= 0.3 is 19.5 Å². The molecule has 0 bridgehead atoms. The predicted octanol–water partition coefficient (Wildman–Crippen LogP) is 1.66. The fourth-order valence-corrected chi connectivity index (χ4v) is 0.937. The Morgan fingerprint density at radius 1 is 1.27 bits per heavy atom. The first-order valence-corrected chi connectivity index (χ1v) is 5.10. The molecule has 0 heterocycles. The van der Waals surface area contributed by atoms with Gasteiger partial charge in [0, 0.05) is 5.02 Å². The Morgan fingerprint density at radius 3 is 2.00 bits per heavy atom. The number of benzene rings is 1. The normalized spacial score (nSPS) is 7.73. The van der Waals surface area contributed by atoms with E-state index in [2.05, 4.69) is 13.8 Å². The van der Waals surface area contributed by atoms with Crippen molar-refractivity contribution in [3.63, 3.8) is 0 Å². The van der Waals surface area contributed by atoms with Crippen molar-refractivity contribution in [2.24, 2.45) is 0 Å². The molecule has 0 unspecified atom stereocenters. The summed E-state index contributed by atoms with van der Waals surface area (Å²) in [5.74, 6) is 0. The molecule has 0 N–H and O–H groups in total. The summed E-state index contributed by atoms with van der Waals surface area (Å²) in [4.78, 5) is 0. The first-order valence-electron chi connectivity index (χ1n) is 4.72. The molecule has 0 amide bonds. The Bertz CT molecular complexity index is 206. The van der Waals surface area contributed by atoms with Crippen LogP contribution in [-0.4, -0.2) is 0 Å². The molecule has 1 aromatic carbocycles. The van der Waals surface area contributed by atoms with Crippen LogP contribution < -0.4 is 17.0 Å². The molecule has 15 heavy (non-hydrogen) atoms. The molecule has 0 fully saturated rings. The number of hydrogen-bond acceptors (Lipinski definition) is 0. The summed E-state index contributed by atoms with van der Waals surface area (Å²) >= 11 is 5.71. The number of halogens is 2. The summed E-state index contributed by atoms with van der Waals surface area (Å²) in [6.45, 7) is 7.84. The van der Waals surface area contributed by atoms with Gasteiger partial charge in [-0.1, -0.05) is 49.6 Å². The van der Waals surface area contributed by atoms with Crippen LogP contribution in [-0.2, 0) is 19.5 Å². The molecule has 1 aromatic rings. The zero-order valence-corrected chi connectivity index (χ0v) is 14.9. The molecule has 0 atom stereocenters. The fraction of sp³-hybridized carbons (Fsp3) is 0.417. The number of unbranched alkanes of at least 4 members (excludes halogenated alkanes) is 2. The first kappa shape index (κ1) is 21.0. The van der Waals surface area contributed by atoms with Crippen LogP contribution in [0.4, 0.5) is 0 Å². The maximum absolute atomic E-state index is 5.71. The van der Waals surface area contributed by atoms with Crippen molar-refractivity contribution in [3.05, 3.63) is 41.8 Å². The minimum Gasteiger partial charge on any atom is -1.00 e. The van der Waals surface area contributed by atoms with Crippen molar-refractivity contribution < 1.29 is 36.5 Å². The predicted molar refractivity (Wildman–Crippen MR) is 61.1 cm³/mol. The Labute approximate surface area is 122 Å². The van der Waals surface area contributed by atoms with Crippen LogP contribution in [0.2, 0.25) is 5.02 Å². The van der Waals surface area contributed by atoms with Gasteiger partial charge in [0.15, 0.2) is 0 Å². The smallest absolute Gasteiger partial charge is 1.00 e. The van der Waals surface area contributed by atoms with Crippen molar-refractivity contribution in [2.75, 3.05) is 0 Å². The molecule has 0 saturated heterocycles. The van der Waals surface area contributed by atoms with E-state index in [1.54, 1.807) is 0 Å². The average Bonchev–Trinajstić information content (AvgIpc) is 2.13. The third-order valence-corrected chi connectivity index (χ3v) is 2.10. The molecular formula is C12H18BrClZn. The standard InChI is InChI=1S/C7H7Cl.C5H11.BrH.Zn/c1-6-4-2-3-5-7(6)8;1-3-5-4-2;;/h2-5H,1H3;1,3-5H2,2H3;1H;/q;-1;;+2/p-1. The van der Waals surface area contributed by atoms with Gasteiger partial charge < -0.3 is 23.9 Å². The second-order valence-corrected chi connectivity index (χ2v) is 3.36. The number of aryl methyl sites for hydroxylation is 1. The van der Waals surface area contributed by atoms with Crippen LogP contribution in [0.15, 0.2) is 24.3 Å². The number of hydrogen-bond donors (Lipinski definition) is 0. The minimum absolute atomic E-state index is 0. The topological polar surface area (TPSA) is 0 Å². The van der Waals surface area contributed by atoms with Crippen LogP contribution in [0.1, 0.15) is 31.7 Å². The van der Waals surface area contributed by atoms with Crippen LogP contribution in [0.3, 0.4) is 0 Å². The zero-order valence-electron chi connectivity index (χ0n) is 9.60. The van der Waals surface area contributed by atoms with E-state index in [0.717, 1.165) is 17.0 Å². The van der Waals surface area contributed by atoms with Crippen molar-refractivity contribution >= 4 is 11.6 Å². The van der Waals surface area contributed by atoms with Gasteiger partial charge in [-0.15, -0.1) is 0 Å². The van der Waals surface area contributed by atoms with Gasteiger partial charge in [-0.05, 0) is 18.6 Å². The van der Waals surface area contributed by atoms with E-state index in [9.17, 15) is 0 Å². The van der Waals surface area contributed by atoms with Gasteiger partial charge in [-0.3, -0.25) is 0 Å². The molecule has 0 aliphatic rings. The van der Waals surface area contributed by atoms with Crippen molar-refractivity contribution in [3.8, 4) is 0 Å². The Balaban J connectivity index is -0.000000185. The molecule has 0 nitrogen and oxygen atoms in total. The minimum atomic E-state index is 0. The van der Waals surface area contributed by atoms with Crippen molar-refractivity contribution in [1.29, 1.82) is 0 Å². The molecular weight excluding hydrogens is 325 g/mol. The van der Waals surface area contributed by atoms with E-state index in [-0.39, 0.29) is 36.5 Å². The van der Waals surface area contributed by atoms with Gasteiger partial charge in [0.25, 0.3) is 0 Å². The van der Waals surface area contributed by atoms with E-state index in [0.29, 0.717) is 0 Å². The van der Waals surface area contributed by atoms with Crippen molar-refractivity contribution in [1.82, 2.24) is 0 Å². The van der Waals surface area contributed by atoms with E-state index in [1.807, 2.05) is 31.2 Å². The van der Waals surface area contributed by atoms with Gasteiger partial charge in [-0.2, -0.15) is 6.42 Å². The third kappa shape index (κ3) is 12.5. The van der Waals surface area contributed by atoms with Gasteiger partial charge in [0.1, 0.15) is 0 Å². The van der Waals surface area contributed by atoms with E-state index in [1.165, 1.54) is 12.8 Å². The molecule has 0 radical (unpaired) electrons. The average molecular weight is 343 g/mol. The number of rotatable bonds is 2. The molecule has 0 aliphatic heterocycles. The summed E-state index contributed by atoms with van der Waals surface area (Å²) in [5, 5.41) is 0.840. The van der Waals surface area contributed by atoms with Gasteiger partial charge in [0.05, 0.1) is 0 Å². The summed E-state index contributed by atoms with van der Waals surface area (Å²) in [6.07, 6.45) is 3.65. The molecule has 3 heteroatoms. The van der Waals surface area contributed by atoms with Gasteiger partial charge in [-0.25, -0.2) is 0 Å². The molecule has 0 saturated carbocycles. The quantitative estimate of drug-likeness (QED) is 0.566. The largest absolute Gasteiger partial charge is 2.00 e. The maximum Gasteiger partial charge on any atom is 2.00 e. The SMILES string of the molecule is Cc1ccccc1Cl.[Br-].[CH2-]CCCC.[Zn+2]. The van der Waals surface area contributed by atoms with Crippen LogP contribution in [0, 0.1) is 13.8 Å². The van der Waals surface area contributed by atoms with E-state index in [4.69, 9.17) is 11.6 Å². The van der Waals surface area contributed by atoms with E-state index < -0.39 is 0 Å². The molecule has 0 aliphatic carbocycles. The zero-order chi connectivity index (χ0) is 10.1. The fourth-order valence-electron chi connectivity index (χ4n) is 0.801. The summed E-state index contributed by atoms with van der Waals surface area (Å²) in [5.41, 5.74) is 1.13. The van der Waals surface area contributed by atoms with Crippen molar-refractivity contribution in [2.45, 2.75) is 33.1 Å². The first-order chi connectivity index (χ1) is 6.22. The summed E-state index contributed by atoms with van der Waals surface area (Å²) < 4.78 is 0. The maximum atomic E-state index is 5.71. The second-order valence-electron chi connectivity index (χ2n) is 2.96. The Hall–Kier alpha value is 0.613.